The first-order valence-electron chi connectivity index (χ1n) is 6.80. The van der Waals surface area contributed by atoms with Gasteiger partial charge in [0.15, 0.2) is 5.78 Å². The molecule has 0 heterocycles. The quantitative estimate of drug-likeness (QED) is 0.298. The molecule has 0 spiro atoms. The summed E-state index contributed by atoms with van der Waals surface area (Å²) in [7, 11) is 0. The van der Waals surface area contributed by atoms with Gasteiger partial charge in [-0.1, -0.05) is 11.6 Å². The zero-order valence-electron chi connectivity index (χ0n) is 12.5. The lowest BCUT2D eigenvalue weighted by Gasteiger charge is -2.12. The first-order chi connectivity index (χ1) is 11.2. The average Bonchev–Trinajstić information content (AvgIpc) is 2.50. The third-order valence-electron chi connectivity index (χ3n) is 2.92. The molecule has 0 saturated carbocycles. The van der Waals surface area contributed by atoms with Gasteiger partial charge in [0.05, 0.1) is 12.6 Å². The van der Waals surface area contributed by atoms with Gasteiger partial charge in [0.25, 0.3) is 0 Å². The van der Waals surface area contributed by atoms with Gasteiger partial charge in [0, 0.05) is 22.7 Å². The number of amides is 2. The van der Waals surface area contributed by atoms with E-state index in [9.17, 15) is 19.2 Å². The summed E-state index contributed by atoms with van der Waals surface area (Å²) in [6, 6.07) is 3.15. The Bertz CT molecular complexity index is 665. The SMILES string of the molecule is Nc1cc(Cl)ccc1C(=O)CC(N)C(=O)NCC(=O)NCC(=O)O. The molecule has 0 aromatic heterocycles. The van der Waals surface area contributed by atoms with Crippen LogP contribution >= 0.6 is 11.6 Å². The van der Waals surface area contributed by atoms with Crippen LogP contribution in [-0.4, -0.2) is 47.8 Å². The minimum atomic E-state index is -1.21. The Hall–Kier alpha value is -2.65. The minimum absolute atomic E-state index is 0.174. The number of nitrogens with two attached hydrogens (primary N) is 2. The van der Waals surface area contributed by atoms with Crippen LogP contribution in [0.1, 0.15) is 16.8 Å². The molecule has 9 nitrogen and oxygen atoms in total. The molecule has 1 atom stereocenters. The van der Waals surface area contributed by atoms with Crippen LogP contribution in [-0.2, 0) is 14.4 Å². The highest BCUT2D eigenvalue weighted by Crippen LogP contribution is 2.19. The maximum atomic E-state index is 12.1. The highest BCUT2D eigenvalue weighted by molar-refractivity contribution is 6.31. The second kappa shape index (κ2) is 8.85. The van der Waals surface area contributed by atoms with Gasteiger partial charge in [0.2, 0.25) is 11.8 Å². The number of carbonyl (C=O) groups is 4. The van der Waals surface area contributed by atoms with Crippen molar-refractivity contribution in [2.75, 3.05) is 18.8 Å². The Balaban J connectivity index is 2.50. The lowest BCUT2D eigenvalue weighted by atomic mass is 10.0. The van der Waals surface area contributed by atoms with Crippen molar-refractivity contribution in [1.29, 1.82) is 0 Å². The van der Waals surface area contributed by atoms with Crippen LogP contribution in [0.25, 0.3) is 0 Å². The van der Waals surface area contributed by atoms with E-state index in [1.54, 1.807) is 0 Å². The number of halogens is 1. The molecule has 1 aromatic carbocycles. The Morgan fingerprint density at radius 1 is 1.17 bits per heavy atom. The molecule has 0 radical (unpaired) electrons. The number of carboxylic acids is 1. The van der Waals surface area contributed by atoms with Crippen molar-refractivity contribution in [1.82, 2.24) is 10.6 Å². The predicted molar refractivity (Wildman–Crippen MR) is 86.4 cm³/mol. The molecule has 1 unspecified atom stereocenters. The highest BCUT2D eigenvalue weighted by Gasteiger charge is 2.20. The first kappa shape index (κ1) is 19.4. The predicted octanol–water partition coefficient (Wildman–Crippen LogP) is -0.861. The summed E-state index contributed by atoms with van der Waals surface area (Å²) >= 11 is 5.74. The third kappa shape index (κ3) is 6.23. The van der Waals surface area contributed by atoms with Gasteiger partial charge in [-0.3, -0.25) is 19.2 Å². The largest absolute Gasteiger partial charge is 0.480 e. The Kier molecular flexibility index (Phi) is 7.15. The monoisotopic (exact) mass is 356 g/mol. The van der Waals surface area contributed by atoms with Crippen molar-refractivity contribution >= 4 is 40.9 Å². The molecule has 0 aliphatic heterocycles. The second-order valence-corrected chi connectivity index (χ2v) is 5.29. The fraction of sp³-hybridized carbons (Fsp3) is 0.286. The Labute approximate surface area is 142 Å². The fourth-order valence-electron chi connectivity index (χ4n) is 1.73. The first-order valence-corrected chi connectivity index (χ1v) is 7.18. The molecule has 1 rings (SSSR count). The van der Waals surface area contributed by atoms with Gasteiger partial charge in [-0.05, 0) is 18.2 Å². The van der Waals surface area contributed by atoms with Crippen molar-refractivity contribution in [3.05, 3.63) is 28.8 Å². The molecule has 24 heavy (non-hydrogen) atoms. The molecular weight excluding hydrogens is 340 g/mol. The number of nitrogens with one attached hydrogen (secondary N) is 2. The van der Waals surface area contributed by atoms with Crippen molar-refractivity contribution in [2.45, 2.75) is 12.5 Å². The lowest BCUT2D eigenvalue weighted by molar-refractivity contribution is -0.137. The normalized spacial score (nSPS) is 11.4. The zero-order valence-corrected chi connectivity index (χ0v) is 13.3. The number of carboxylic acid groups (broad SMARTS) is 1. The van der Waals surface area contributed by atoms with Crippen molar-refractivity contribution in [3.8, 4) is 0 Å². The van der Waals surface area contributed by atoms with Crippen LogP contribution in [0.15, 0.2) is 18.2 Å². The summed E-state index contributed by atoms with van der Waals surface area (Å²) in [5.74, 6) is -3.06. The molecule has 0 bridgehead atoms. The molecule has 130 valence electrons. The molecule has 0 aliphatic rings. The maximum absolute atomic E-state index is 12.1. The van der Waals surface area contributed by atoms with Gasteiger partial charge in [-0.2, -0.15) is 0 Å². The van der Waals surface area contributed by atoms with Crippen LogP contribution in [0.5, 0.6) is 0 Å². The van der Waals surface area contributed by atoms with E-state index < -0.39 is 42.7 Å². The maximum Gasteiger partial charge on any atom is 0.322 e. The average molecular weight is 357 g/mol. The molecule has 7 N–H and O–H groups in total. The van der Waals surface area contributed by atoms with E-state index in [1.165, 1.54) is 18.2 Å². The molecule has 10 heteroatoms. The lowest BCUT2D eigenvalue weighted by Crippen LogP contribution is -2.46. The van der Waals surface area contributed by atoms with Crippen LogP contribution in [0, 0.1) is 0 Å². The number of benzene rings is 1. The van der Waals surface area contributed by atoms with Gasteiger partial charge < -0.3 is 27.2 Å². The zero-order chi connectivity index (χ0) is 18.3. The summed E-state index contributed by atoms with van der Waals surface area (Å²) in [4.78, 5) is 45.4. The Morgan fingerprint density at radius 2 is 1.83 bits per heavy atom. The Morgan fingerprint density at radius 3 is 2.42 bits per heavy atom. The molecule has 2 amide bonds. The number of hydrogen-bond donors (Lipinski definition) is 5. The van der Waals surface area contributed by atoms with Crippen LogP contribution in [0.2, 0.25) is 5.02 Å². The highest BCUT2D eigenvalue weighted by atomic mass is 35.5. The van der Waals surface area contributed by atoms with Gasteiger partial charge in [-0.25, -0.2) is 0 Å². The van der Waals surface area contributed by atoms with Gasteiger partial charge >= 0.3 is 5.97 Å². The molecule has 0 saturated heterocycles. The smallest absolute Gasteiger partial charge is 0.322 e. The second-order valence-electron chi connectivity index (χ2n) is 4.85. The minimum Gasteiger partial charge on any atom is -0.480 e. The molecule has 0 fully saturated rings. The third-order valence-corrected chi connectivity index (χ3v) is 3.15. The number of ketones is 1. The standard InChI is InChI=1S/C14H17ClN4O5/c15-7-1-2-8(9(16)3-7)11(20)4-10(17)14(24)19-5-12(21)18-6-13(22)23/h1-3,10H,4-6,16-17H2,(H,18,21)(H,19,24)(H,22,23). The number of Topliss-reactive ketones (excluding diaryl/α,β-unsaturated/α-hetero) is 1. The van der Waals surface area contributed by atoms with Crippen molar-refractivity contribution in [3.63, 3.8) is 0 Å². The van der Waals surface area contributed by atoms with E-state index >= 15 is 0 Å². The fourth-order valence-corrected chi connectivity index (χ4v) is 1.91. The number of hydrogen-bond acceptors (Lipinski definition) is 6. The topological polar surface area (TPSA) is 165 Å². The molecule has 1 aromatic rings. The van der Waals surface area contributed by atoms with Crippen LogP contribution in [0.3, 0.4) is 0 Å². The number of nitrogen functional groups attached to an aromatic ring is 1. The van der Waals surface area contributed by atoms with Crippen LogP contribution in [0.4, 0.5) is 5.69 Å². The van der Waals surface area contributed by atoms with Crippen molar-refractivity contribution in [2.24, 2.45) is 5.73 Å². The van der Waals surface area contributed by atoms with E-state index in [0.717, 1.165) is 0 Å². The summed E-state index contributed by atoms with van der Waals surface area (Å²) in [5, 5.41) is 13.0. The molecular formula is C14H17ClN4O5. The number of carbonyl (C=O) groups excluding carboxylic acids is 3. The van der Waals surface area contributed by atoms with Gasteiger partial charge in [-0.15, -0.1) is 0 Å². The van der Waals surface area contributed by atoms with E-state index in [0.29, 0.717) is 5.02 Å². The van der Waals surface area contributed by atoms with E-state index in [2.05, 4.69) is 10.6 Å². The van der Waals surface area contributed by atoms with E-state index in [1.807, 2.05) is 0 Å². The van der Waals surface area contributed by atoms with Crippen molar-refractivity contribution < 1.29 is 24.3 Å². The number of rotatable bonds is 8. The summed E-state index contributed by atoms with van der Waals surface area (Å²) < 4.78 is 0. The number of aliphatic carboxylic acids is 1. The van der Waals surface area contributed by atoms with E-state index in [-0.39, 0.29) is 17.7 Å². The summed E-state index contributed by atoms with van der Waals surface area (Å²) in [6.45, 7) is -1.01. The van der Waals surface area contributed by atoms with E-state index in [4.69, 9.17) is 28.2 Å². The summed E-state index contributed by atoms with van der Waals surface area (Å²) in [5.41, 5.74) is 11.7. The van der Waals surface area contributed by atoms with Crippen LogP contribution < -0.4 is 22.1 Å². The van der Waals surface area contributed by atoms with Gasteiger partial charge in [0.1, 0.15) is 6.54 Å². The molecule has 0 aliphatic carbocycles. The number of anilines is 1. The summed E-state index contributed by atoms with van der Waals surface area (Å²) in [6.07, 6.45) is -0.311.